The van der Waals surface area contributed by atoms with Crippen molar-refractivity contribution in [3.05, 3.63) is 60.2 Å². The lowest BCUT2D eigenvalue weighted by atomic mass is 10.1. The molecule has 1 amide bonds. The fourth-order valence-corrected chi connectivity index (χ4v) is 1.98. The number of ether oxygens (including phenoxy) is 1. The molecule has 1 N–H and O–H groups in total. The molecule has 0 aliphatic heterocycles. The second-order valence-corrected chi connectivity index (χ2v) is 4.91. The number of aryl methyl sites for hydroxylation is 1. The van der Waals surface area contributed by atoms with Crippen molar-refractivity contribution >= 4 is 11.6 Å². The van der Waals surface area contributed by atoms with Gasteiger partial charge in [-0.3, -0.25) is 4.79 Å². The zero-order chi connectivity index (χ0) is 14.9. The molecule has 0 aromatic heterocycles. The summed E-state index contributed by atoms with van der Waals surface area (Å²) < 4.78 is 5.51. The van der Waals surface area contributed by atoms with Gasteiger partial charge in [0.05, 0.1) is 6.61 Å². The predicted molar refractivity (Wildman–Crippen MR) is 85.6 cm³/mol. The van der Waals surface area contributed by atoms with Crippen molar-refractivity contribution in [2.45, 2.75) is 26.2 Å². The first-order valence-corrected chi connectivity index (χ1v) is 7.34. The molecule has 0 saturated heterocycles. The van der Waals surface area contributed by atoms with E-state index in [0.29, 0.717) is 13.0 Å². The number of anilines is 1. The molecule has 0 heterocycles. The molecule has 2 aromatic rings. The van der Waals surface area contributed by atoms with E-state index in [-0.39, 0.29) is 5.91 Å². The first-order valence-electron chi connectivity index (χ1n) is 7.34. The Morgan fingerprint density at radius 2 is 1.76 bits per heavy atom. The lowest BCUT2D eigenvalue weighted by molar-refractivity contribution is -0.116. The van der Waals surface area contributed by atoms with E-state index in [2.05, 4.69) is 12.2 Å². The summed E-state index contributed by atoms with van der Waals surface area (Å²) in [6.45, 7) is 2.78. The zero-order valence-corrected chi connectivity index (χ0v) is 12.3. The van der Waals surface area contributed by atoms with Gasteiger partial charge in [-0.1, -0.05) is 37.3 Å². The first-order chi connectivity index (χ1) is 10.3. The number of rotatable bonds is 7. The van der Waals surface area contributed by atoms with Crippen LogP contribution in [0.25, 0.3) is 0 Å². The van der Waals surface area contributed by atoms with Gasteiger partial charge in [-0.2, -0.15) is 0 Å². The molecule has 3 nitrogen and oxygen atoms in total. The van der Waals surface area contributed by atoms with Gasteiger partial charge in [0, 0.05) is 12.1 Å². The second kappa shape index (κ2) is 8.10. The van der Waals surface area contributed by atoms with Crippen molar-refractivity contribution in [1.29, 1.82) is 0 Å². The highest BCUT2D eigenvalue weighted by molar-refractivity contribution is 5.90. The van der Waals surface area contributed by atoms with Gasteiger partial charge in [-0.15, -0.1) is 0 Å². The summed E-state index contributed by atoms with van der Waals surface area (Å²) in [6.07, 6.45) is 2.22. The molecule has 0 bridgehead atoms. The summed E-state index contributed by atoms with van der Waals surface area (Å²) in [6, 6.07) is 17.5. The van der Waals surface area contributed by atoms with Crippen LogP contribution in [0.1, 0.15) is 25.3 Å². The average Bonchev–Trinajstić information content (AvgIpc) is 2.53. The fourth-order valence-electron chi connectivity index (χ4n) is 1.98. The number of amides is 1. The van der Waals surface area contributed by atoms with Crippen molar-refractivity contribution < 1.29 is 9.53 Å². The molecule has 3 heteroatoms. The molecule has 0 atom stereocenters. The third kappa shape index (κ3) is 5.30. The number of hydrogen-bond donors (Lipinski definition) is 1. The Morgan fingerprint density at radius 3 is 2.43 bits per heavy atom. The average molecular weight is 283 g/mol. The van der Waals surface area contributed by atoms with Crippen LogP contribution in [-0.4, -0.2) is 12.5 Å². The maximum Gasteiger partial charge on any atom is 0.224 e. The summed E-state index contributed by atoms with van der Waals surface area (Å²) in [7, 11) is 0. The van der Waals surface area contributed by atoms with Crippen LogP contribution >= 0.6 is 0 Å². The second-order valence-electron chi connectivity index (χ2n) is 4.91. The van der Waals surface area contributed by atoms with Crippen LogP contribution < -0.4 is 10.1 Å². The minimum Gasteiger partial charge on any atom is -0.494 e. The maximum atomic E-state index is 11.9. The van der Waals surface area contributed by atoms with Crippen molar-refractivity contribution in [3.8, 4) is 5.75 Å². The highest BCUT2D eigenvalue weighted by Gasteiger charge is 2.03. The van der Waals surface area contributed by atoms with Gasteiger partial charge in [0.25, 0.3) is 0 Å². The Balaban J connectivity index is 1.79. The van der Waals surface area contributed by atoms with Gasteiger partial charge in [0.2, 0.25) is 5.91 Å². The third-order valence-corrected chi connectivity index (χ3v) is 3.09. The first kappa shape index (κ1) is 15.1. The summed E-state index contributed by atoms with van der Waals surface area (Å²) in [4.78, 5) is 11.9. The Hall–Kier alpha value is -2.29. The number of nitrogens with one attached hydrogen (secondary N) is 1. The molecule has 0 aliphatic rings. The van der Waals surface area contributed by atoms with Gasteiger partial charge in [0.15, 0.2) is 0 Å². The molecular weight excluding hydrogens is 262 g/mol. The molecule has 0 radical (unpaired) electrons. The maximum absolute atomic E-state index is 11.9. The van der Waals surface area contributed by atoms with Crippen molar-refractivity contribution in [2.24, 2.45) is 0 Å². The molecule has 2 rings (SSSR count). The Morgan fingerprint density at radius 1 is 1.05 bits per heavy atom. The number of carbonyl (C=O) groups is 1. The van der Waals surface area contributed by atoms with E-state index in [0.717, 1.165) is 24.3 Å². The quantitative estimate of drug-likeness (QED) is 0.832. The van der Waals surface area contributed by atoms with Crippen LogP contribution in [0, 0.1) is 0 Å². The van der Waals surface area contributed by atoms with E-state index in [1.165, 1.54) is 5.56 Å². The monoisotopic (exact) mass is 283 g/mol. The SMILES string of the molecule is CCCOc1ccc(NC(=O)CCc2ccccc2)cc1. The van der Waals surface area contributed by atoms with Gasteiger partial charge < -0.3 is 10.1 Å². The van der Waals surface area contributed by atoms with Crippen LogP contribution in [0.2, 0.25) is 0 Å². The Labute approximate surface area is 126 Å². The molecule has 0 fully saturated rings. The van der Waals surface area contributed by atoms with E-state index in [1.54, 1.807) is 0 Å². The number of hydrogen-bond acceptors (Lipinski definition) is 2. The highest BCUT2D eigenvalue weighted by Crippen LogP contribution is 2.16. The molecule has 110 valence electrons. The summed E-state index contributed by atoms with van der Waals surface area (Å²) in [5, 5.41) is 2.90. The van der Waals surface area contributed by atoms with Crippen molar-refractivity contribution in [2.75, 3.05) is 11.9 Å². The van der Waals surface area contributed by atoms with Crippen LogP contribution in [0.5, 0.6) is 5.75 Å². The predicted octanol–water partition coefficient (Wildman–Crippen LogP) is 4.05. The highest BCUT2D eigenvalue weighted by atomic mass is 16.5. The number of benzene rings is 2. The topological polar surface area (TPSA) is 38.3 Å². The van der Waals surface area contributed by atoms with Crippen LogP contribution in [0.3, 0.4) is 0 Å². The Kier molecular flexibility index (Phi) is 5.83. The van der Waals surface area contributed by atoms with E-state index >= 15 is 0 Å². The fraction of sp³-hybridized carbons (Fsp3) is 0.278. The molecular formula is C18H21NO2. The molecule has 2 aromatic carbocycles. The van der Waals surface area contributed by atoms with E-state index in [9.17, 15) is 4.79 Å². The smallest absolute Gasteiger partial charge is 0.224 e. The van der Waals surface area contributed by atoms with E-state index < -0.39 is 0 Å². The van der Waals surface area contributed by atoms with Crippen molar-refractivity contribution in [1.82, 2.24) is 0 Å². The molecule has 0 saturated carbocycles. The van der Waals surface area contributed by atoms with Crippen LogP contribution in [0.4, 0.5) is 5.69 Å². The molecule has 0 aliphatic carbocycles. The molecule has 0 spiro atoms. The third-order valence-electron chi connectivity index (χ3n) is 3.09. The zero-order valence-electron chi connectivity index (χ0n) is 12.3. The van der Waals surface area contributed by atoms with E-state index in [1.807, 2.05) is 54.6 Å². The standard InChI is InChI=1S/C18H21NO2/c1-2-14-21-17-11-9-16(10-12-17)19-18(20)13-8-15-6-4-3-5-7-15/h3-7,9-12H,2,8,13-14H2,1H3,(H,19,20). The van der Waals surface area contributed by atoms with Gasteiger partial charge >= 0.3 is 0 Å². The minimum atomic E-state index is 0.0288. The largest absolute Gasteiger partial charge is 0.494 e. The Bertz CT molecular complexity index is 549. The summed E-state index contributed by atoms with van der Waals surface area (Å²) in [5.74, 6) is 0.861. The molecule has 0 unspecified atom stereocenters. The normalized spacial score (nSPS) is 10.1. The molecule has 21 heavy (non-hydrogen) atoms. The lowest BCUT2D eigenvalue weighted by Crippen LogP contribution is -2.12. The van der Waals surface area contributed by atoms with Crippen molar-refractivity contribution in [3.63, 3.8) is 0 Å². The summed E-state index contributed by atoms with van der Waals surface area (Å²) in [5.41, 5.74) is 1.98. The van der Waals surface area contributed by atoms with Gasteiger partial charge in [0.1, 0.15) is 5.75 Å². The van der Waals surface area contributed by atoms with Crippen LogP contribution in [-0.2, 0) is 11.2 Å². The minimum absolute atomic E-state index is 0.0288. The van der Waals surface area contributed by atoms with E-state index in [4.69, 9.17) is 4.74 Å². The van der Waals surface area contributed by atoms with Gasteiger partial charge in [-0.05, 0) is 42.7 Å². The van der Waals surface area contributed by atoms with Gasteiger partial charge in [-0.25, -0.2) is 0 Å². The lowest BCUT2D eigenvalue weighted by Gasteiger charge is -2.07. The number of carbonyl (C=O) groups excluding carboxylic acids is 1. The summed E-state index contributed by atoms with van der Waals surface area (Å²) >= 11 is 0. The van der Waals surface area contributed by atoms with Crippen LogP contribution in [0.15, 0.2) is 54.6 Å².